The van der Waals surface area contributed by atoms with Crippen molar-refractivity contribution in [1.82, 2.24) is 4.90 Å². The number of aryl methyl sites for hydroxylation is 1. The summed E-state index contributed by atoms with van der Waals surface area (Å²) in [7, 11) is 1.63. The highest BCUT2D eigenvalue weighted by molar-refractivity contribution is 5.99. The largest absolute Gasteiger partial charge is 0.490 e. The number of fused-ring (bicyclic) bond motifs is 2. The molecule has 2 heterocycles. The lowest BCUT2D eigenvalue weighted by molar-refractivity contribution is 0.0707. The highest BCUT2D eigenvalue weighted by Crippen LogP contribution is 2.41. The van der Waals surface area contributed by atoms with E-state index in [9.17, 15) is 9.59 Å². The van der Waals surface area contributed by atoms with Crippen LogP contribution in [-0.2, 0) is 11.3 Å². The van der Waals surface area contributed by atoms with E-state index in [1.54, 1.807) is 18.1 Å². The number of carbonyl (C=O) groups excluding carboxylic acids is 1. The van der Waals surface area contributed by atoms with E-state index in [1.807, 2.05) is 74.5 Å². The highest BCUT2D eigenvalue weighted by atomic mass is 16.5. The minimum atomic E-state index is -0.613. The normalized spacial score (nSPS) is 14.7. The Bertz CT molecular complexity index is 1510. The summed E-state index contributed by atoms with van der Waals surface area (Å²) in [4.78, 5) is 29.1. The smallest absolute Gasteiger partial charge is 0.290 e. The Morgan fingerprint density at radius 1 is 0.947 bits per heavy atom. The summed E-state index contributed by atoms with van der Waals surface area (Å²) in [6.45, 7) is 5.56. The minimum absolute atomic E-state index is 0.0936. The SMILES string of the molecule is CCOc1cc(C2c3c(oc4ccc(C)cc4c3=O)C(=O)N2CCCOC)ccc1OCc1ccccc1. The molecule has 196 valence electrons. The van der Waals surface area contributed by atoms with Gasteiger partial charge in [0.15, 0.2) is 16.9 Å². The van der Waals surface area contributed by atoms with Crippen LogP contribution in [0.3, 0.4) is 0 Å². The molecular formula is C31H31NO6. The van der Waals surface area contributed by atoms with Crippen molar-refractivity contribution < 1.29 is 23.4 Å². The van der Waals surface area contributed by atoms with Gasteiger partial charge in [0, 0.05) is 20.3 Å². The van der Waals surface area contributed by atoms with E-state index in [1.165, 1.54) is 0 Å². The Morgan fingerprint density at radius 3 is 2.53 bits per heavy atom. The zero-order valence-corrected chi connectivity index (χ0v) is 21.9. The fourth-order valence-corrected chi connectivity index (χ4v) is 4.91. The van der Waals surface area contributed by atoms with E-state index in [0.29, 0.717) is 60.8 Å². The molecule has 1 unspecified atom stereocenters. The van der Waals surface area contributed by atoms with E-state index in [2.05, 4.69) is 0 Å². The molecule has 0 fully saturated rings. The first-order valence-electron chi connectivity index (χ1n) is 12.8. The van der Waals surface area contributed by atoms with Crippen LogP contribution in [0.25, 0.3) is 11.0 Å². The summed E-state index contributed by atoms with van der Waals surface area (Å²) >= 11 is 0. The van der Waals surface area contributed by atoms with Gasteiger partial charge in [0.2, 0.25) is 5.76 Å². The zero-order valence-electron chi connectivity index (χ0n) is 21.9. The van der Waals surface area contributed by atoms with E-state index in [4.69, 9.17) is 18.6 Å². The fraction of sp³-hybridized carbons (Fsp3) is 0.290. The van der Waals surface area contributed by atoms with Crippen LogP contribution in [0, 0.1) is 6.92 Å². The molecule has 0 N–H and O–H groups in total. The summed E-state index contributed by atoms with van der Waals surface area (Å²) in [5.41, 5.74) is 3.31. The fourth-order valence-electron chi connectivity index (χ4n) is 4.91. The molecule has 1 atom stereocenters. The first-order chi connectivity index (χ1) is 18.5. The van der Waals surface area contributed by atoms with Gasteiger partial charge < -0.3 is 23.5 Å². The van der Waals surface area contributed by atoms with Crippen molar-refractivity contribution in [2.75, 3.05) is 26.9 Å². The van der Waals surface area contributed by atoms with Gasteiger partial charge in [0.1, 0.15) is 12.2 Å². The Kier molecular flexibility index (Phi) is 7.47. The summed E-state index contributed by atoms with van der Waals surface area (Å²) in [5, 5.41) is 0.466. The molecule has 0 bridgehead atoms. The van der Waals surface area contributed by atoms with Crippen LogP contribution in [0.5, 0.6) is 11.5 Å². The van der Waals surface area contributed by atoms with Crippen molar-refractivity contribution in [3.05, 3.63) is 105 Å². The van der Waals surface area contributed by atoms with Gasteiger partial charge in [-0.25, -0.2) is 0 Å². The second-order valence-electron chi connectivity index (χ2n) is 9.33. The average molecular weight is 514 g/mol. The van der Waals surface area contributed by atoms with Crippen molar-refractivity contribution in [3.63, 3.8) is 0 Å². The molecular weight excluding hydrogens is 482 g/mol. The number of ether oxygens (including phenoxy) is 3. The van der Waals surface area contributed by atoms with Gasteiger partial charge in [-0.15, -0.1) is 0 Å². The van der Waals surface area contributed by atoms with E-state index >= 15 is 0 Å². The second kappa shape index (κ2) is 11.1. The summed E-state index contributed by atoms with van der Waals surface area (Å²) in [6.07, 6.45) is 0.621. The number of methoxy groups -OCH3 is 1. The molecule has 3 aromatic carbocycles. The summed E-state index contributed by atoms with van der Waals surface area (Å²) in [6, 6.07) is 20.3. The third-order valence-corrected chi connectivity index (χ3v) is 6.69. The van der Waals surface area contributed by atoms with Crippen LogP contribution < -0.4 is 14.9 Å². The maximum atomic E-state index is 13.8. The number of hydrogen-bond acceptors (Lipinski definition) is 6. The maximum Gasteiger partial charge on any atom is 0.290 e. The molecule has 0 saturated carbocycles. The quantitative estimate of drug-likeness (QED) is 0.255. The van der Waals surface area contributed by atoms with Crippen LogP contribution in [0.4, 0.5) is 0 Å². The minimum Gasteiger partial charge on any atom is -0.490 e. The van der Waals surface area contributed by atoms with Crippen molar-refractivity contribution >= 4 is 16.9 Å². The Hall–Kier alpha value is -4.10. The lowest BCUT2D eigenvalue weighted by Gasteiger charge is -2.26. The number of benzene rings is 3. The van der Waals surface area contributed by atoms with E-state index < -0.39 is 6.04 Å². The molecule has 1 aliphatic rings. The number of rotatable bonds is 10. The number of nitrogens with zero attached hydrogens (tertiary/aromatic N) is 1. The van der Waals surface area contributed by atoms with E-state index in [-0.39, 0.29) is 17.1 Å². The van der Waals surface area contributed by atoms with Gasteiger partial charge in [-0.2, -0.15) is 0 Å². The molecule has 0 spiro atoms. The highest BCUT2D eigenvalue weighted by Gasteiger charge is 2.42. The summed E-state index contributed by atoms with van der Waals surface area (Å²) < 4.78 is 23.3. The molecule has 0 saturated heterocycles. The molecule has 1 aromatic heterocycles. The number of hydrogen-bond donors (Lipinski definition) is 0. The Morgan fingerprint density at radius 2 is 1.76 bits per heavy atom. The van der Waals surface area contributed by atoms with Crippen molar-refractivity contribution in [2.45, 2.75) is 32.9 Å². The van der Waals surface area contributed by atoms with E-state index in [0.717, 1.165) is 16.7 Å². The Labute approximate surface area is 221 Å². The lowest BCUT2D eigenvalue weighted by Crippen LogP contribution is -2.31. The molecule has 5 rings (SSSR count). The second-order valence-corrected chi connectivity index (χ2v) is 9.33. The standard InChI is InChI=1S/C31H31NO6/c1-4-36-26-18-22(12-14-25(26)37-19-21-9-6-5-7-10-21)28-27-29(33)23-17-20(2)11-13-24(23)38-30(27)31(34)32(28)15-8-16-35-3/h5-7,9-14,17-18,28H,4,8,15-16,19H2,1-3H3. The number of carbonyl (C=O) groups is 1. The molecule has 38 heavy (non-hydrogen) atoms. The molecule has 0 aliphatic carbocycles. The molecule has 7 nitrogen and oxygen atoms in total. The first-order valence-corrected chi connectivity index (χ1v) is 12.8. The van der Waals surface area contributed by atoms with Gasteiger partial charge in [-0.05, 0) is 55.7 Å². The maximum absolute atomic E-state index is 13.8. The molecule has 4 aromatic rings. The van der Waals surface area contributed by atoms with Gasteiger partial charge in [0.05, 0.1) is 23.6 Å². The van der Waals surface area contributed by atoms with Crippen LogP contribution in [0.15, 0.2) is 75.9 Å². The predicted octanol–water partition coefficient (Wildman–Crippen LogP) is 5.66. The molecule has 1 aliphatic heterocycles. The van der Waals surface area contributed by atoms with Crippen LogP contribution in [-0.4, -0.2) is 37.7 Å². The van der Waals surface area contributed by atoms with Crippen LogP contribution in [0.1, 0.15) is 52.2 Å². The average Bonchev–Trinajstić information content (AvgIpc) is 3.21. The van der Waals surface area contributed by atoms with Crippen LogP contribution >= 0.6 is 0 Å². The molecule has 1 amide bonds. The van der Waals surface area contributed by atoms with Crippen molar-refractivity contribution in [3.8, 4) is 11.5 Å². The molecule has 0 radical (unpaired) electrons. The van der Waals surface area contributed by atoms with Gasteiger partial charge >= 0.3 is 0 Å². The topological polar surface area (TPSA) is 78.2 Å². The van der Waals surface area contributed by atoms with Crippen LogP contribution in [0.2, 0.25) is 0 Å². The van der Waals surface area contributed by atoms with Gasteiger partial charge in [-0.3, -0.25) is 9.59 Å². The van der Waals surface area contributed by atoms with Crippen molar-refractivity contribution in [2.24, 2.45) is 0 Å². The van der Waals surface area contributed by atoms with Crippen molar-refractivity contribution in [1.29, 1.82) is 0 Å². The third-order valence-electron chi connectivity index (χ3n) is 6.69. The Balaban J connectivity index is 1.58. The monoisotopic (exact) mass is 513 g/mol. The number of amides is 1. The summed E-state index contributed by atoms with van der Waals surface area (Å²) in [5.74, 6) is 0.940. The third kappa shape index (κ3) is 4.89. The zero-order chi connectivity index (χ0) is 26.6. The predicted molar refractivity (Wildman–Crippen MR) is 145 cm³/mol. The van der Waals surface area contributed by atoms with Gasteiger partial charge in [0.25, 0.3) is 5.91 Å². The lowest BCUT2D eigenvalue weighted by atomic mass is 9.97. The molecule has 7 heteroatoms. The first kappa shape index (κ1) is 25.5. The van der Waals surface area contributed by atoms with Gasteiger partial charge in [-0.1, -0.05) is 48.0 Å².